The fraction of sp³-hybridized carbons (Fsp3) is 0.400. The number of methoxy groups -OCH3 is 1. The van der Waals surface area contributed by atoms with Crippen LogP contribution >= 0.6 is 0 Å². The fourth-order valence-electron chi connectivity index (χ4n) is 1.93. The molecule has 0 bridgehead atoms. The first-order chi connectivity index (χ1) is 6.24. The molecule has 1 aliphatic carbocycles. The molecular weight excluding hydrogens is 166 g/mol. The summed E-state index contributed by atoms with van der Waals surface area (Å²) in [4.78, 5) is 0. The van der Waals surface area contributed by atoms with Crippen LogP contribution in [0, 0.1) is 0 Å². The van der Waals surface area contributed by atoms with Crippen molar-refractivity contribution in [3.05, 3.63) is 17.2 Å². The third-order valence-electron chi connectivity index (χ3n) is 2.58. The van der Waals surface area contributed by atoms with Crippen molar-refractivity contribution in [2.45, 2.75) is 19.3 Å². The molecule has 0 amide bonds. The zero-order valence-corrected chi connectivity index (χ0v) is 7.63. The summed E-state index contributed by atoms with van der Waals surface area (Å²) in [6, 6.07) is 1.69. The van der Waals surface area contributed by atoms with E-state index < -0.39 is 0 Å². The Bertz CT molecular complexity index is 347. The van der Waals surface area contributed by atoms with Crippen molar-refractivity contribution in [1.29, 1.82) is 0 Å². The number of rotatable bonds is 1. The predicted octanol–water partition coefficient (Wildman–Crippen LogP) is 1.47. The van der Waals surface area contributed by atoms with E-state index in [2.05, 4.69) is 0 Å². The number of hydrogen-bond donors (Lipinski definition) is 2. The minimum atomic E-state index is 0.244. The normalized spacial score (nSPS) is 14.2. The Labute approximate surface area is 77.1 Å². The molecule has 0 radical (unpaired) electrons. The van der Waals surface area contributed by atoms with E-state index in [0.29, 0.717) is 5.69 Å². The van der Waals surface area contributed by atoms with Crippen molar-refractivity contribution in [3.63, 3.8) is 0 Å². The van der Waals surface area contributed by atoms with Gasteiger partial charge in [0.05, 0.1) is 12.8 Å². The third kappa shape index (κ3) is 1.11. The molecule has 0 aliphatic heterocycles. The highest BCUT2D eigenvalue weighted by molar-refractivity contribution is 5.64. The zero-order valence-electron chi connectivity index (χ0n) is 7.63. The van der Waals surface area contributed by atoms with Crippen LogP contribution in [0.4, 0.5) is 5.69 Å². The number of ether oxygens (including phenoxy) is 1. The number of anilines is 1. The van der Waals surface area contributed by atoms with Gasteiger partial charge < -0.3 is 15.6 Å². The van der Waals surface area contributed by atoms with Crippen molar-refractivity contribution in [3.8, 4) is 11.5 Å². The number of nitrogens with two attached hydrogens (primary N) is 1. The van der Waals surface area contributed by atoms with Crippen LogP contribution in [-0.2, 0) is 12.8 Å². The standard InChI is InChI=1S/C10H13NO2/c1-13-9-5-8(11)10(12)7-4-2-3-6(7)9/h5,12H,2-4,11H2,1H3. The second kappa shape index (κ2) is 2.83. The fourth-order valence-corrected chi connectivity index (χ4v) is 1.93. The monoisotopic (exact) mass is 179 g/mol. The van der Waals surface area contributed by atoms with Gasteiger partial charge in [-0.2, -0.15) is 0 Å². The van der Waals surface area contributed by atoms with Crippen LogP contribution in [0.5, 0.6) is 11.5 Å². The van der Waals surface area contributed by atoms with E-state index in [1.165, 1.54) is 0 Å². The van der Waals surface area contributed by atoms with E-state index in [4.69, 9.17) is 10.5 Å². The van der Waals surface area contributed by atoms with E-state index in [9.17, 15) is 5.11 Å². The summed E-state index contributed by atoms with van der Waals surface area (Å²) in [5.41, 5.74) is 8.14. The molecule has 2 rings (SSSR count). The molecule has 3 nitrogen and oxygen atoms in total. The van der Waals surface area contributed by atoms with Crippen LogP contribution in [0.2, 0.25) is 0 Å². The van der Waals surface area contributed by atoms with E-state index in [0.717, 1.165) is 36.1 Å². The van der Waals surface area contributed by atoms with Crippen LogP contribution in [0.25, 0.3) is 0 Å². The van der Waals surface area contributed by atoms with Crippen molar-refractivity contribution < 1.29 is 9.84 Å². The minimum absolute atomic E-state index is 0.244. The van der Waals surface area contributed by atoms with Crippen molar-refractivity contribution in [1.82, 2.24) is 0 Å². The zero-order chi connectivity index (χ0) is 9.42. The highest BCUT2D eigenvalue weighted by Crippen LogP contribution is 2.40. The van der Waals surface area contributed by atoms with Gasteiger partial charge in [0.1, 0.15) is 11.5 Å². The molecule has 0 fully saturated rings. The summed E-state index contributed by atoms with van der Waals surface area (Å²) in [5, 5.41) is 9.66. The Balaban J connectivity index is 2.64. The summed E-state index contributed by atoms with van der Waals surface area (Å²) in [6.07, 6.45) is 2.96. The molecular formula is C10H13NO2. The van der Waals surface area contributed by atoms with E-state index >= 15 is 0 Å². The van der Waals surface area contributed by atoms with Crippen molar-refractivity contribution >= 4 is 5.69 Å². The lowest BCUT2D eigenvalue weighted by Crippen LogP contribution is -1.95. The maximum Gasteiger partial charge on any atom is 0.142 e. The van der Waals surface area contributed by atoms with Crippen LogP contribution in [0.1, 0.15) is 17.5 Å². The largest absolute Gasteiger partial charge is 0.505 e. The maximum absolute atomic E-state index is 9.66. The van der Waals surface area contributed by atoms with Gasteiger partial charge in [0, 0.05) is 17.2 Å². The van der Waals surface area contributed by atoms with Crippen LogP contribution < -0.4 is 10.5 Å². The second-order valence-electron chi connectivity index (χ2n) is 3.33. The van der Waals surface area contributed by atoms with Crippen molar-refractivity contribution in [2.24, 2.45) is 0 Å². The molecule has 0 saturated heterocycles. The molecule has 0 spiro atoms. The topological polar surface area (TPSA) is 55.5 Å². The Kier molecular flexibility index (Phi) is 1.79. The average Bonchev–Trinajstić information content (AvgIpc) is 2.60. The summed E-state index contributed by atoms with van der Waals surface area (Å²) in [6.45, 7) is 0. The summed E-state index contributed by atoms with van der Waals surface area (Å²) in [7, 11) is 1.63. The Hall–Kier alpha value is -1.38. The average molecular weight is 179 g/mol. The van der Waals surface area contributed by atoms with Gasteiger partial charge in [-0.3, -0.25) is 0 Å². The Morgan fingerprint density at radius 1 is 1.38 bits per heavy atom. The molecule has 3 heteroatoms. The Morgan fingerprint density at radius 3 is 2.77 bits per heavy atom. The van der Waals surface area contributed by atoms with Gasteiger partial charge >= 0.3 is 0 Å². The molecule has 0 heterocycles. The number of hydrogen-bond acceptors (Lipinski definition) is 3. The van der Waals surface area contributed by atoms with E-state index in [1.807, 2.05) is 0 Å². The lowest BCUT2D eigenvalue weighted by Gasteiger charge is -2.10. The van der Waals surface area contributed by atoms with Crippen LogP contribution in [0.15, 0.2) is 6.07 Å². The third-order valence-corrected chi connectivity index (χ3v) is 2.58. The van der Waals surface area contributed by atoms with Gasteiger partial charge in [0.15, 0.2) is 0 Å². The summed E-state index contributed by atoms with van der Waals surface area (Å²) in [5.74, 6) is 1.05. The highest BCUT2D eigenvalue weighted by Gasteiger charge is 2.21. The molecule has 0 atom stereocenters. The molecule has 3 N–H and O–H groups in total. The van der Waals surface area contributed by atoms with Gasteiger partial charge in [0.2, 0.25) is 0 Å². The van der Waals surface area contributed by atoms with Gasteiger partial charge in [-0.15, -0.1) is 0 Å². The number of aromatic hydroxyl groups is 1. The van der Waals surface area contributed by atoms with Crippen LogP contribution in [-0.4, -0.2) is 12.2 Å². The molecule has 0 unspecified atom stereocenters. The predicted molar refractivity (Wildman–Crippen MR) is 51.1 cm³/mol. The quantitative estimate of drug-likeness (QED) is 0.507. The van der Waals surface area contributed by atoms with Crippen molar-refractivity contribution in [2.75, 3.05) is 12.8 Å². The molecule has 13 heavy (non-hydrogen) atoms. The lowest BCUT2D eigenvalue weighted by molar-refractivity contribution is 0.408. The van der Waals surface area contributed by atoms with E-state index in [1.54, 1.807) is 13.2 Å². The molecule has 0 aromatic heterocycles. The number of phenolic OH excluding ortho intramolecular Hbond substituents is 1. The van der Waals surface area contributed by atoms with Gasteiger partial charge in [-0.05, 0) is 19.3 Å². The number of phenols is 1. The molecule has 1 aromatic rings. The van der Waals surface area contributed by atoms with Gasteiger partial charge in [-0.1, -0.05) is 0 Å². The molecule has 0 saturated carbocycles. The van der Waals surface area contributed by atoms with Gasteiger partial charge in [0.25, 0.3) is 0 Å². The Morgan fingerprint density at radius 2 is 2.08 bits per heavy atom. The summed E-state index contributed by atoms with van der Waals surface area (Å²) >= 11 is 0. The first-order valence-corrected chi connectivity index (χ1v) is 4.41. The molecule has 1 aromatic carbocycles. The van der Waals surface area contributed by atoms with Crippen LogP contribution in [0.3, 0.4) is 0 Å². The summed E-state index contributed by atoms with van der Waals surface area (Å²) < 4.78 is 5.20. The first-order valence-electron chi connectivity index (χ1n) is 4.41. The lowest BCUT2D eigenvalue weighted by atomic mass is 10.1. The SMILES string of the molecule is COc1cc(N)c(O)c2c1CCC2. The smallest absolute Gasteiger partial charge is 0.142 e. The first kappa shape index (κ1) is 8.23. The number of nitrogen functional groups attached to an aromatic ring is 1. The number of fused-ring (bicyclic) bond motifs is 1. The minimum Gasteiger partial charge on any atom is -0.505 e. The number of benzene rings is 1. The van der Waals surface area contributed by atoms with E-state index in [-0.39, 0.29) is 5.75 Å². The molecule has 1 aliphatic rings. The van der Waals surface area contributed by atoms with Gasteiger partial charge in [-0.25, -0.2) is 0 Å². The maximum atomic E-state index is 9.66. The molecule has 70 valence electrons. The second-order valence-corrected chi connectivity index (χ2v) is 3.33. The highest BCUT2D eigenvalue weighted by atomic mass is 16.5.